The van der Waals surface area contributed by atoms with Gasteiger partial charge in [0.25, 0.3) is 5.91 Å². The minimum Gasteiger partial charge on any atom is -0.494 e. The van der Waals surface area contributed by atoms with Gasteiger partial charge in [-0.05, 0) is 42.7 Å². The first-order chi connectivity index (χ1) is 18.5. The van der Waals surface area contributed by atoms with E-state index in [4.69, 9.17) is 9.47 Å². The van der Waals surface area contributed by atoms with Gasteiger partial charge in [-0.15, -0.1) is 0 Å². The molecule has 2 amide bonds. The predicted octanol–water partition coefficient (Wildman–Crippen LogP) is 2.92. The van der Waals surface area contributed by atoms with Crippen LogP contribution in [0.3, 0.4) is 0 Å². The fourth-order valence-electron chi connectivity index (χ4n) is 4.27. The summed E-state index contributed by atoms with van der Waals surface area (Å²) in [5.41, 5.74) is 0.365. The van der Waals surface area contributed by atoms with E-state index in [1.54, 1.807) is 32.0 Å². The van der Waals surface area contributed by atoms with E-state index in [2.05, 4.69) is 20.6 Å². The zero-order chi connectivity index (χ0) is 28.3. The van der Waals surface area contributed by atoms with Crippen LogP contribution in [0, 0.1) is 18.8 Å². The molecule has 5 N–H and O–H groups in total. The van der Waals surface area contributed by atoms with Crippen molar-refractivity contribution >= 4 is 17.6 Å². The quantitative estimate of drug-likeness (QED) is 0.204. The van der Waals surface area contributed by atoms with Gasteiger partial charge >= 0.3 is 0 Å². The zero-order valence-corrected chi connectivity index (χ0v) is 21.6. The highest BCUT2D eigenvalue weighted by Gasteiger charge is 2.32. The first-order valence-electron chi connectivity index (χ1n) is 12.3. The number of nitrogens with one attached hydrogen (secondary N) is 3. The lowest BCUT2D eigenvalue weighted by Gasteiger charge is -2.25. The SMILES string of the molecule is Cc1c(O)[nH]c(O)c1C(=O)[C@H](NC(=O)CC(NC(=O)c1cccc(F)n1)c1ccc2c(c1)OCCO2)C(C)C. The molecule has 4 rings (SSSR count). The lowest BCUT2D eigenvalue weighted by Crippen LogP contribution is -2.45. The molecule has 2 atom stereocenters. The number of fused-ring (bicyclic) bond motifs is 1. The first kappa shape index (κ1) is 27.4. The summed E-state index contributed by atoms with van der Waals surface area (Å²) >= 11 is 0. The molecule has 0 radical (unpaired) electrons. The number of aromatic amines is 1. The Bertz CT molecular complexity index is 1400. The number of ketones is 1. The van der Waals surface area contributed by atoms with Crippen LogP contribution in [0.5, 0.6) is 23.3 Å². The molecule has 0 saturated carbocycles. The topological polar surface area (TPSA) is 163 Å². The molecule has 11 nitrogen and oxygen atoms in total. The van der Waals surface area contributed by atoms with E-state index >= 15 is 0 Å². The van der Waals surface area contributed by atoms with Gasteiger partial charge in [-0.1, -0.05) is 26.0 Å². The van der Waals surface area contributed by atoms with Crippen LogP contribution in [-0.4, -0.2) is 57.0 Å². The van der Waals surface area contributed by atoms with Gasteiger partial charge in [0.05, 0.1) is 24.1 Å². The molecule has 1 unspecified atom stereocenters. The van der Waals surface area contributed by atoms with Gasteiger partial charge in [0, 0.05) is 5.56 Å². The van der Waals surface area contributed by atoms with E-state index in [1.165, 1.54) is 19.1 Å². The van der Waals surface area contributed by atoms with E-state index in [0.29, 0.717) is 30.3 Å². The van der Waals surface area contributed by atoms with Crippen molar-refractivity contribution in [2.75, 3.05) is 13.2 Å². The van der Waals surface area contributed by atoms with E-state index in [-0.39, 0.29) is 35.0 Å². The van der Waals surface area contributed by atoms with Crippen LogP contribution in [-0.2, 0) is 4.79 Å². The van der Waals surface area contributed by atoms with E-state index in [1.807, 2.05) is 0 Å². The number of ether oxygens (including phenoxy) is 2. The van der Waals surface area contributed by atoms with Crippen molar-refractivity contribution in [2.24, 2.45) is 5.92 Å². The maximum atomic E-state index is 13.6. The molecule has 0 bridgehead atoms. The number of aromatic hydroxyl groups is 2. The predicted molar refractivity (Wildman–Crippen MR) is 136 cm³/mol. The first-order valence-corrected chi connectivity index (χ1v) is 12.3. The number of hydrogen-bond acceptors (Lipinski definition) is 8. The maximum absolute atomic E-state index is 13.6. The van der Waals surface area contributed by atoms with Crippen LogP contribution >= 0.6 is 0 Å². The molecule has 0 aliphatic carbocycles. The number of H-pyrrole nitrogens is 1. The highest BCUT2D eigenvalue weighted by molar-refractivity contribution is 6.05. The van der Waals surface area contributed by atoms with Crippen LogP contribution in [0.15, 0.2) is 36.4 Å². The number of amides is 2. The summed E-state index contributed by atoms with van der Waals surface area (Å²) in [4.78, 5) is 45.3. The molecule has 0 fully saturated rings. The van der Waals surface area contributed by atoms with Gasteiger partial charge in [0.2, 0.25) is 17.7 Å². The van der Waals surface area contributed by atoms with Gasteiger partial charge in [-0.3, -0.25) is 19.4 Å². The van der Waals surface area contributed by atoms with Crippen LogP contribution in [0.25, 0.3) is 0 Å². The molecule has 3 aromatic rings. The average Bonchev–Trinajstić information content (AvgIpc) is 3.16. The number of aromatic nitrogens is 2. The summed E-state index contributed by atoms with van der Waals surface area (Å²) in [6.45, 7) is 5.62. The molecule has 12 heteroatoms. The number of carbonyl (C=O) groups excluding carboxylic acids is 3. The summed E-state index contributed by atoms with van der Waals surface area (Å²) in [5.74, 6) is -2.98. The minimum absolute atomic E-state index is 0.125. The number of pyridine rings is 1. The summed E-state index contributed by atoms with van der Waals surface area (Å²) < 4.78 is 24.8. The summed E-state index contributed by atoms with van der Waals surface area (Å²) in [7, 11) is 0. The molecule has 1 aliphatic heterocycles. The van der Waals surface area contributed by atoms with Crippen molar-refractivity contribution < 1.29 is 38.5 Å². The Hall–Kier alpha value is -4.61. The Morgan fingerprint density at radius 1 is 1.05 bits per heavy atom. The van der Waals surface area contributed by atoms with E-state index in [9.17, 15) is 29.0 Å². The molecule has 2 aromatic heterocycles. The number of carbonyl (C=O) groups is 3. The monoisotopic (exact) mass is 540 g/mol. The van der Waals surface area contributed by atoms with Gasteiger partial charge in [0.15, 0.2) is 23.2 Å². The van der Waals surface area contributed by atoms with Crippen molar-refractivity contribution in [1.82, 2.24) is 20.6 Å². The van der Waals surface area contributed by atoms with E-state index in [0.717, 1.165) is 6.07 Å². The number of nitrogens with zero attached hydrogens (tertiary/aromatic N) is 1. The third kappa shape index (κ3) is 6.11. The molecule has 0 saturated heterocycles. The number of Topliss-reactive ketones (excluding diaryl/α,β-unsaturated/α-hetero) is 1. The average molecular weight is 541 g/mol. The lowest BCUT2D eigenvalue weighted by molar-refractivity contribution is -0.122. The standard InChI is InChI=1S/C27H29FN4O7/c1-13(2)23(24(34)22-14(3)25(35)32-27(22)37)31-21(33)12-17(30-26(36)16-5-4-6-20(28)29-16)15-7-8-18-19(11-15)39-10-9-38-18/h4-8,11,13,17,23,32,35,37H,9-10,12H2,1-3H3,(H,30,36)(H,31,33)/t17?,23-/m1/s1. The molecule has 206 valence electrons. The number of rotatable bonds is 9. The fourth-order valence-corrected chi connectivity index (χ4v) is 4.27. The molecular weight excluding hydrogens is 511 g/mol. The van der Waals surface area contributed by atoms with Crippen LogP contribution in [0.4, 0.5) is 4.39 Å². The second-order valence-electron chi connectivity index (χ2n) is 9.45. The Balaban J connectivity index is 1.58. The van der Waals surface area contributed by atoms with Gasteiger partial charge in [-0.2, -0.15) is 4.39 Å². The normalized spacial score (nSPS) is 14.0. The molecule has 1 aliphatic rings. The molecule has 0 spiro atoms. The van der Waals surface area contributed by atoms with Gasteiger partial charge < -0.3 is 30.3 Å². The smallest absolute Gasteiger partial charge is 0.270 e. The Labute approximate surface area is 223 Å². The van der Waals surface area contributed by atoms with Crippen LogP contribution < -0.4 is 20.1 Å². The summed E-state index contributed by atoms with van der Waals surface area (Å²) in [6, 6.07) is 6.81. The van der Waals surface area contributed by atoms with Gasteiger partial charge in [-0.25, -0.2) is 4.98 Å². The van der Waals surface area contributed by atoms with Crippen LogP contribution in [0.1, 0.15) is 58.3 Å². The van der Waals surface area contributed by atoms with Crippen molar-refractivity contribution in [3.8, 4) is 23.3 Å². The zero-order valence-electron chi connectivity index (χ0n) is 21.6. The van der Waals surface area contributed by atoms with Crippen molar-refractivity contribution in [1.29, 1.82) is 0 Å². The molecule has 1 aromatic carbocycles. The fraction of sp³-hybridized carbons (Fsp3) is 0.333. The third-order valence-electron chi connectivity index (χ3n) is 6.33. The molecule has 39 heavy (non-hydrogen) atoms. The Morgan fingerprint density at radius 2 is 1.77 bits per heavy atom. The molecular formula is C27H29FN4O7. The second kappa shape index (κ2) is 11.4. The van der Waals surface area contributed by atoms with E-state index < -0.39 is 41.5 Å². The third-order valence-corrected chi connectivity index (χ3v) is 6.33. The molecule has 3 heterocycles. The number of benzene rings is 1. The highest BCUT2D eigenvalue weighted by atomic mass is 19.1. The highest BCUT2D eigenvalue weighted by Crippen LogP contribution is 2.34. The number of halogens is 1. The Kier molecular flexibility index (Phi) is 8.03. The van der Waals surface area contributed by atoms with Crippen molar-refractivity contribution in [3.05, 3.63) is 64.7 Å². The largest absolute Gasteiger partial charge is 0.494 e. The minimum atomic E-state index is -1.04. The van der Waals surface area contributed by atoms with Gasteiger partial charge in [0.1, 0.15) is 18.9 Å². The van der Waals surface area contributed by atoms with Crippen LogP contribution in [0.2, 0.25) is 0 Å². The maximum Gasteiger partial charge on any atom is 0.270 e. The lowest BCUT2D eigenvalue weighted by atomic mass is 9.93. The summed E-state index contributed by atoms with van der Waals surface area (Å²) in [6.07, 6.45) is -0.291. The Morgan fingerprint density at radius 3 is 2.41 bits per heavy atom. The summed E-state index contributed by atoms with van der Waals surface area (Å²) in [5, 5.41) is 25.4. The number of hydrogen-bond donors (Lipinski definition) is 5. The van der Waals surface area contributed by atoms with Crippen molar-refractivity contribution in [3.63, 3.8) is 0 Å². The second-order valence-corrected chi connectivity index (χ2v) is 9.45. The van der Waals surface area contributed by atoms with Crippen molar-refractivity contribution in [2.45, 2.75) is 39.3 Å².